The lowest BCUT2D eigenvalue weighted by molar-refractivity contribution is -0.0292. The average Bonchev–Trinajstić information content (AvgIpc) is 2.73. The molecule has 0 aromatic carbocycles. The van der Waals surface area contributed by atoms with Crippen LogP contribution in [0, 0.1) is 5.92 Å². The molecule has 0 amide bonds. The average molecular weight is 267 g/mol. The van der Waals surface area contributed by atoms with E-state index in [1.54, 1.807) is 13.3 Å². The Kier molecular flexibility index (Phi) is 4.82. The number of nitrogens with zero attached hydrogens (tertiary/aromatic N) is 2. The summed E-state index contributed by atoms with van der Waals surface area (Å²) in [7, 11) is 5.66. The van der Waals surface area contributed by atoms with E-state index < -0.39 is 0 Å². The Balaban J connectivity index is 1.95. The molecule has 1 atom stereocenters. The van der Waals surface area contributed by atoms with Gasteiger partial charge in [0.15, 0.2) is 5.75 Å². The van der Waals surface area contributed by atoms with Gasteiger partial charge in [0.05, 0.1) is 31.1 Å². The second-order valence-electron chi connectivity index (χ2n) is 5.21. The molecule has 2 rings (SSSR count). The van der Waals surface area contributed by atoms with E-state index in [0.717, 1.165) is 30.4 Å². The first-order chi connectivity index (χ1) is 9.19. The zero-order valence-corrected chi connectivity index (χ0v) is 12.3. The number of hydrogen-bond acceptors (Lipinski definition) is 4. The number of methoxy groups -OCH3 is 1. The molecular weight excluding hydrogens is 242 g/mol. The molecular formula is C14H25N3O2. The monoisotopic (exact) mass is 267 g/mol. The maximum absolute atomic E-state index is 5.62. The zero-order valence-electron chi connectivity index (χ0n) is 12.3. The first-order valence-corrected chi connectivity index (χ1v) is 7.04. The molecule has 1 aliphatic carbocycles. The maximum Gasteiger partial charge on any atom is 0.161 e. The Hall–Kier alpha value is -1.07. The van der Waals surface area contributed by atoms with Crippen molar-refractivity contribution >= 4 is 0 Å². The van der Waals surface area contributed by atoms with Crippen LogP contribution in [0.25, 0.3) is 0 Å². The van der Waals surface area contributed by atoms with Crippen LogP contribution < -0.4 is 10.1 Å². The van der Waals surface area contributed by atoms with Gasteiger partial charge in [-0.2, -0.15) is 5.10 Å². The fourth-order valence-corrected chi connectivity index (χ4v) is 2.92. The maximum atomic E-state index is 5.62. The van der Waals surface area contributed by atoms with Crippen molar-refractivity contribution in [3.05, 3.63) is 11.9 Å². The summed E-state index contributed by atoms with van der Waals surface area (Å²) in [6, 6.07) is 0.287. The van der Waals surface area contributed by atoms with Gasteiger partial charge in [0, 0.05) is 13.7 Å². The molecule has 1 N–H and O–H groups in total. The SMILES string of the molecule is CCOC1CC(CC(NC)c2c(OC)cnn2C)C1. The number of rotatable bonds is 7. The lowest BCUT2D eigenvalue weighted by Crippen LogP contribution is -2.34. The van der Waals surface area contributed by atoms with Crippen LogP contribution in [0.2, 0.25) is 0 Å². The topological polar surface area (TPSA) is 48.3 Å². The summed E-state index contributed by atoms with van der Waals surface area (Å²) < 4.78 is 12.9. The third kappa shape index (κ3) is 3.09. The summed E-state index contributed by atoms with van der Waals surface area (Å²) in [6.07, 6.45) is 5.71. The van der Waals surface area contributed by atoms with Crippen molar-refractivity contribution in [1.82, 2.24) is 15.1 Å². The van der Waals surface area contributed by atoms with Crippen LogP contribution in [0.3, 0.4) is 0 Å². The Morgan fingerprint density at radius 3 is 2.84 bits per heavy atom. The van der Waals surface area contributed by atoms with Gasteiger partial charge in [-0.05, 0) is 39.2 Å². The molecule has 1 aliphatic rings. The number of nitrogens with one attached hydrogen (secondary N) is 1. The summed E-state index contributed by atoms with van der Waals surface area (Å²) in [5.41, 5.74) is 1.13. The molecule has 1 unspecified atom stereocenters. The molecule has 0 aliphatic heterocycles. The smallest absolute Gasteiger partial charge is 0.161 e. The van der Waals surface area contributed by atoms with Crippen molar-refractivity contribution < 1.29 is 9.47 Å². The summed E-state index contributed by atoms with van der Waals surface area (Å²) in [4.78, 5) is 0. The molecule has 1 aromatic heterocycles. The van der Waals surface area contributed by atoms with Gasteiger partial charge < -0.3 is 14.8 Å². The van der Waals surface area contributed by atoms with Gasteiger partial charge in [0.2, 0.25) is 0 Å². The lowest BCUT2D eigenvalue weighted by Gasteiger charge is -2.37. The van der Waals surface area contributed by atoms with Crippen molar-refractivity contribution in [3.8, 4) is 5.75 Å². The molecule has 1 aromatic rings. The van der Waals surface area contributed by atoms with E-state index in [1.807, 2.05) is 18.8 Å². The summed E-state index contributed by atoms with van der Waals surface area (Å²) >= 11 is 0. The molecule has 19 heavy (non-hydrogen) atoms. The van der Waals surface area contributed by atoms with Crippen molar-refractivity contribution in [2.24, 2.45) is 13.0 Å². The zero-order chi connectivity index (χ0) is 13.8. The van der Waals surface area contributed by atoms with Crippen molar-refractivity contribution in [2.75, 3.05) is 20.8 Å². The third-order valence-corrected chi connectivity index (χ3v) is 4.01. The molecule has 1 fully saturated rings. The molecule has 1 heterocycles. The number of hydrogen-bond donors (Lipinski definition) is 1. The van der Waals surface area contributed by atoms with E-state index in [2.05, 4.69) is 17.3 Å². The number of aryl methyl sites for hydroxylation is 1. The van der Waals surface area contributed by atoms with Crippen molar-refractivity contribution in [2.45, 2.75) is 38.3 Å². The van der Waals surface area contributed by atoms with Gasteiger partial charge in [-0.1, -0.05) is 0 Å². The Labute approximate surface area is 115 Å². The second-order valence-corrected chi connectivity index (χ2v) is 5.21. The van der Waals surface area contributed by atoms with Gasteiger partial charge in [-0.25, -0.2) is 0 Å². The highest BCUT2D eigenvalue weighted by Crippen LogP contribution is 2.38. The molecule has 0 bridgehead atoms. The van der Waals surface area contributed by atoms with E-state index in [1.165, 1.54) is 12.8 Å². The van der Waals surface area contributed by atoms with Crippen LogP contribution in [0.4, 0.5) is 0 Å². The highest BCUT2D eigenvalue weighted by molar-refractivity contribution is 5.28. The fraction of sp³-hybridized carbons (Fsp3) is 0.786. The summed E-state index contributed by atoms with van der Waals surface area (Å²) in [5, 5.41) is 7.66. The molecule has 0 spiro atoms. The molecule has 1 saturated carbocycles. The van der Waals surface area contributed by atoms with E-state index >= 15 is 0 Å². The van der Waals surface area contributed by atoms with Crippen LogP contribution in [0.5, 0.6) is 5.75 Å². The standard InChI is InChI=1S/C14H25N3O2/c1-5-19-11-6-10(7-11)8-12(15-2)14-13(18-4)9-16-17(14)3/h9-12,15H,5-8H2,1-4H3. The molecule has 0 radical (unpaired) electrons. The molecule has 5 nitrogen and oxygen atoms in total. The van der Waals surface area contributed by atoms with Gasteiger partial charge in [0.1, 0.15) is 0 Å². The first kappa shape index (κ1) is 14.3. The minimum Gasteiger partial charge on any atom is -0.493 e. The van der Waals surface area contributed by atoms with Crippen LogP contribution >= 0.6 is 0 Å². The minimum absolute atomic E-state index is 0.287. The van der Waals surface area contributed by atoms with Gasteiger partial charge in [0.25, 0.3) is 0 Å². The van der Waals surface area contributed by atoms with E-state index in [4.69, 9.17) is 9.47 Å². The minimum atomic E-state index is 0.287. The fourth-order valence-electron chi connectivity index (χ4n) is 2.92. The third-order valence-electron chi connectivity index (χ3n) is 4.01. The lowest BCUT2D eigenvalue weighted by atomic mass is 9.77. The Bertz CT molecular complexity index is 399. The summed E-state index contributed by atoms with van der Waals surface area (Å²) in [6.45, 7) is 2.88. The highest BCUT2D eigenvalue weighted by atomic mass is 16.5. The Morgan fingerprint density at radius 2 is 2.26 bits per heavy atom. The van der Waals surface area contributed by atoms with Crippen LogP contribution in [-0.2, 0) is 11.8 Å². The quantitative estimate of drug-likeness (QED) is 0.819. The van der Waals surface area contributed by atoms with Gasteiger partial charge in [-0.15, -0.1) is 0 Å². The van der Waals surface area contributed by atoms with Crippen LogP contribution in [-0.4, -0.2) is 36.6 Å². The van der Waals surface area contributed by atoms with E-state index in [9.17, 15) is 0 Å². The van der Waals surface area contributed by atoms with Crippen molar-refractivity contribution in [3.63, 3.8) is 0 Å². The molecule has 108 valence electrons. The van der Waals surface area contributed by atoms with Crippen LogP contribution in [0.15, 0.2) is 6.20 Å². The number of ether oxygens (including phenoxy) is 2. The largest absolute Gasteiger partial charge is 0.493 e. The van der Waals surface area contributed by atoms with Crippen LogP contribution in [0.1, 0.15) is 37.9 Å². The van der Waals surface area contributed by atoms with E-state index in [0.29, 0.717) is 6.10 Å². The van der Waals surface area contributed by atoms with E-state index in [-0.39, 0.29) is 6.04 Å². The van der Waals surface area contributed by atoms with Crippen molar-refractivity contribution in [1.29, 1.82) is 0 Å². The summed E-state index contributed by atoms with van der Waals surface area (Å²) in [5.74, 6) is 1.59. The number of aromatic nitrogens is 2. The Morgan fingerprint density at radius 1 is 1.53 bits per heavy atom. The first-order valence-electron chi connectivity index (χ1n) is 7.04. The second kappa shape index (κ2) is 6.39. The van der Waals surface area contributed by atoms with Gasteiger partial charge in [-0.3, -0.25) is 4.68 Å². The van der Waals surface area contributed by atoms with Gasteiger partial charge >= 0.3 is 0 Å². The predicted octanol–water partition coefficient (Wildman–Crippen LogP) is 1.89. The highest BCUT2D eigenvalue weighted by Gasteiger charge is 2.33. The predicted molar refractivity (Wildman–Crippen MR) is 74.3 cm³/mol. The molecule has 5 heteroatoms. The molecule has 0 saturated heterocycles. The normalized spacial score (nSPS) is 24.0.